The van der Waals surface area contributed by atoms with Gasteiger partial charge in [-0.1, -0.05) is 11.6 Å². The Labute approximate surface area is 128 Å². The first-order chi connectivity index (χ1) is 8.97. The molecule has 0 saturated carbocycles. The highest BCUT2D eigenvalue weighted by Crippen LogP contribution is 2.22. The van der Waals surface area contributed by atoms with Crippen molar-refractivity contribution in [1.82, 2.24) is 9.88 Å². The summed E-state index contributed by atoms with van der Waals surface area (Å²) in [6.45, 7) is 0.531. The van der Waals surface area contributed by atoms with Gasteiger partial charge in [-0.05, 0) is 39.0 Å². The van der Waals surface area contributed by atoms with Gasteiger partial charge in [0.15, 0.2) is 0 Å². The highest BCUT2D eigenvalue weighted by atomic mass is 79.9. The molecule has 0 spiro atoms. The van der Waals surface area contributed by atoms with Crippen LogP contribution in [-0.2, 0) is 6.54 Å². The highest BCUT2D eigenvalue weighted by molar-refractivity contribution is 9.11. The molecule has 0 aliphatic rings. The molecule has 0 radical (unpaired) electrons. The van der Waals surface area contributed by atoms with Gasteiger partial charge in [-0.15, -0.1) is 11.3 Å². The fraction of sp³-hybridized carbons (Fsp3) is 0.167. The molecule has 0 saturated heterocycles. The number of amides is 1. The molecule has 7 heteroatoms. The molecule has 19 heavy (non-hydrogen) atoms. The molecule has 0 unspecified atom stereocenters. The van der Waals surface area contributed by atoms with E-state index in [2.05, 4.69) is 20.9 Å². The Morgan fingerprint density at radius 1 is 1.58 bits per heavy atom. The maximum atomic E-state index is 12.2. The van der Waals surface area contributed by atoms with Gasteiger partial charge in [-0.3, -0.25) is 4.79 Å². The van der Waals surface area contributed by atoms with Crippen LogP contribution in [-0.4, -0.2) is 22.8 Å². The van der Waals surface area contributed by atoms with Gasteiger partial charge in [0.1, 0.15) is 5.82 Å². The van der Waals surface area contributed by atoms with Crippen molar-refractivity contribution in [3.63, 3.8) is 0 Å². The largest absolute Gasteiger partial charge is 0.382 e. The molecule has 0 bridgehead atoms. The molecule has 2 rings (SSSR count). The number of hydrogen-bond donors (Lipinski definition) is 1. The van der Waals surface area contributed by atoms with E-state index in [1.54, 1.807) is 23.3 Å². The molecule has 2 aromatic rings. The summed E-state index contributed by atoms with van der Waals surface area (Å²) in [6.07, 6.45) is 1.43. The first kappa shape index (κ1) is 14.3. The molecule has 0 aliphatic heterocycles. The fourth-order valence-electron chi connectivity index (χ4n) is 1.56. The molecule has 2 aromatic heterocycles. The topological polar surface area (TPSA) is 59.2 Å². The molecule has 2 N–H and O–H groups in total. The van der Waals surface area contributed by atoms with Crippen molar-refractivity contribution < 1.29 is 4.79 Å². The van der Waals surface area contributed by atoms with Crippen molar-refractivity contribution in [3.05, 3.63) is 43.6 Å². The molecule has 2 heterocycles. The number of nitrogens with two attached hydrogens (primary N) is 1. The van der Waals surface area contributed by atoms with Crippen molar-refractivity contribution in [2.24, 2.45) is 0 Å². The van der Waals surface area contributed by atoms with Crippen LogP contribution >= 0.6 is 38.9 Å². The summed E-state index contributed by atoms with van der Waals surface area (Å²) in [5, 5.41) is 2.29. The predicted octanol–water partition coefficient (Wildman–Crippen LogP) is 3.41. The maximum absolute atomic E-state index is 12.2. The van der Waals surface area contributed by atoms with Crippen LogP contribution in [0.5, 0.6) is 0 Å². The molecule has 0 fully saturated rings. The van der Waals surface area contributed by atoms with Gasteiger partial charge < -0.3 is 10.6 Å². The van der Waals surface area contributed by atoms with Crippen LogP contribution in [0, 0.1) is 0 Å². The number of anilines is 1. The van der Waals surface area contributed by atoms with E-state index in [4.69, 9.17) is 17.3 Å². The van der Waals surface area contributed by atoms with E-state index >= 15 is 0 Å². The van der Waals surface area contributed by atoms with Gasteiger partial charge in [0.2, 0.25) is 0 Å². The molecule has 0 aromatic carbocycles. The maximum Gasteiger partial charge on any atom is 0.255 e. The molecule has 0 atom stereocenters. The third-order valence-electron chi connectivity index (χ3n) is 2.50. The van der Waals surface area contributed by atoms with Crippen LogP contribution in [0.3, 0.4) is 0 Å². The summed E-state index contributed by atoms with van der Waals surface area (Å²) in [5.74, 6) is 0.0827. The lowest BCUT2D eigenvalue weighted by atomic mass is 10.2. The van der Waals surface area contributed by atoms with E-state index in [1.807, 2.05) is 11.4 Å². The number of carbonyl (C=O) groups is 1. The van der Waals surface area contributed by atoms with Gasteiger partial charge in [0.05, 0.1) is 14.4 Å². The van der Waals surface area contributed by atoms with Crippen LogP contribution in [0.1, 0.15) is 15.9 Å². The highest BCUT2D eigenvalue weighted by Gasteiger charge is 2.14. The Morgan fingerprint density at radius 2 is 2.32 bits per heavy atom. The monoisotopic (exact) mass is 359 g/mol. The smallest absolute Gasteiger partial charge is 0.255 e. The normalized spacial score (nSPS) is 10.5. The Balaban J connectivity index is 2.12. The van der Waals surface area contributed by atoms with Gasteiger partial charge >= 0.3 is 0 Å². The van der Waals surface area contributed by atoms with Crippen molar-refractivity contribution in [1.29, 1.82) is 0 Å². The minimum Gasteiger partial charge on any atom is -0.382 e. The number of nitrogens with zero attached hydrogens (tertiary/aromatic N) is 2. The van der Waals surface area contributed by atoms with E-state index in [-0.39, 0.29) is 16.7 Å². The van der Waals surface area contributed by atoms with Crippen LogP contribution in [0.25, 0.3) is 0 Å². The summed E-state index contributed by atoms with van der Waals surface area (Å²) in [6, 6.07) is 3.52. The summed E-state index contributed by atoms with van der Waals surface area (Å²) < 4.78 is 1.04. The zero-order valence-electron chi connectivity index (χ0n) is 10.1. The second-order valence-corrected chi connectivity index (χ2v) is 6.71. The van der Waals surface area contributed by atoms with Gasteiger partial charge in [0.25, 0.3) is 5.91 Å². The fourth-order valence-corrected chi connectivity index (χ4v) is 2.93. The second kappa shape index (κ2) is 5.90. The van der Waals surface area contributed by atoms with E-state index in [1.165, 1.54) is 12.3 Å². The van der Waals surface area contributed by atoms with E-state index in [9.17, 15) is 4.79 Å². The Morgan fingerprint density at radius 3 is 2.89 bits per heavy atom. The number of rotatable bonds is 3. The third kappa shape index (κ3) is 3.46. The van der Waals surface area contributed by atoms with Crippen LogP contribution in [0.15, 0.2) is 27.5 Å². The molecule has 100 valence electrons. The quantitative estimate of drug-likeness (QED) is 0.912. The van der Waals surface area contributed by atoms with Crippen LogP contribution in [0.2, 0.25) is 5.02 Å². The minimum atomic E-state index is -0.142. The van der Waals surface area contributed by atoms with Crippen LogP contribution in [0.4, 0.5) is 5.82 Å². The number of hydrogen-bond acceptors (Lipinski definition) is 4. The lowest BCUT2D eigenvalue weighted by molar-refractivity contribution is 0.0785. The lowest BCUT2D eigenvalue weighted by Gasteiger charge is -2.16. The number of thiophene rings is 1. The van der Waals surface area contributed by atoms with Crippen molar-refractivity contribution in [3.8, 4) is 0 Å². The number of carbonyl (C=O) groups excluding carboxylic acids is 1. The lowest BCUT2D eigenvalue weighted by Crippen LogP contribution is -2.26. The van der Waals surface area contributed by atoms with E-state index in [0.717, 1.165) is 9.35 Å². The van der Waals surface area contributed by atoms with Crippen molar-refractivity contribution >= 4 is 50.6 Å². The molecular weight excluding hydrogens is 350 g/mol. The van der Waals surface area contributed by atoms with Crippen molar-refractivity contribution in [2.75, 3.05) is 12.8 Å². The van der Waals surface area contributed by atoms with E-state index < -0.39 is 0 Å². The Bertz CT molecular complexity index is 617. The average Bonchev–Trinajstić information content (AvgIpc) is 2.77. The van der Waals surface area contributed by atoms with Crippen molar-refractivity contribution in [2.45, 2.75) is 6.54 Å². The number of aromatic nitrogens is 1. The molecule has 0 aliphatic carbocycles. The van der Waals surface area contributed by atoms with Gasteiger partial charge in [-0.2, -0.15) is 0 Å². The summed E-state index contributed by atoms with van der Waals surface area (Å²) in [7, 11) is 1.73. The Kier molecular flexibility index (Phi) is 4.44. The first-order valence-corrected chi connectivity index (χ1v) is 7.42. The minimum absolute atomic E-state index is 0.142. The molecule has 4 nitrogen and oxygen atoms in total. The first-order valence-electron chi connectivity index (χ1n) is 5.37. The summed E-state index contributed by atoms with van der Waals surface area (Å²) in [4.78, 5) is 17.7. The zero-order chi connectivity index (χ0) is 14.0. The number of pyridine rings is 1. The van der Waals surface area contributed by atoms with Crippen LogP contribution < -0.4 is 5.73 Å². The SMILES string of the molecule is CN(Cc1csc(Br)c1)C(=O)c1cnc(N)c(Cl)c1. The average molecular weight is 361 g/mol. The second-order valence-electron chi connectivity index (χ2n) is 4.01. The Hall–Kier alpha value is -1.11. The molecular formula is C12H11BrClN3OS. The third-order valence-corrected chi connectivity index (χ3v) is 4.36. The standard InChI is InChI=1S/C12H11BrClN3OS/c1-17(5-7-2-10(13)19-6-7)12(18)8-3-9(14)11(15)16-4-8/h2-4,6H,5H2,1H3,(H2,15,16). The number of halogens is 2. The number of nitrogen functional groups attached to an aromatic ring is 1. The van der Waals surface area contributed by atoms with E-state index in [0.29, 0.717) is 12.1 Å². The van der Waals surface area contributed by atoms with Gasteiger partial charge in [0, 0.05) is 19.8 Å². The predicted molar refractivity (Wildman–Crippen MR) is 81.5 cm³/mol. The summed E-state index contributed by atoms with van der Waals surface area (Å²) >= 11 is 10.8. The molecule has 1 amide bonds. The zero-order valence-corrected chi connectivity index (χ0v) is 13.2. The summed E-state index contributed by atoms with van der Waals surface area (Å²) in [5.41, 5.74) is 7.02. The van der Waals surface area contributed by atoms with Gasteiger partial charge in [-0.25, -0.2) is 4.98 Å².